The quantitative estimate of drug-likeness (QED) is 0.466. The van der Waals surface area contributed by atoms with Crippen LogP contribution >= 0.6 is 11.6 Å². The molecule has 1 aromatic heterocycles. The van der Waals surface area contributed by atoms with E-state index in [-0.39, 0.29) is 29.1 Å². The average molecular weight is 269 g/mol. The van der Waals surface area contributed by atoms with Crippen LogP contribution in [0.3, 0.4) is 0 Å². The van der Waals surface area contributed by atoms with Gasteiger partial charge in [0.1, 0.15) is 5.15 Å². The van der Waals surface area contributed by atoms with Gasteiger partial charge in [0.2, 0.25) is 5.82 Å². The van der Waals surface area contributed by atoms with Crippen molar-refractivity contribution in [1.82, 2.24) is 4.98 Å². The third-order valence-corrected chi connectivity index (χ3v) is 2.59. The number of nitrogens with zero attached hydrogens (tertiary/aromatic N) is 4. The van der Waals surface area contributed by atoms with E-state index in [0.717, 1.165) is 0 Å². The molecule has 0 N–H and O–H groups in total. The third-order valence-electron chi connectivity index (χ3n) is 2.38. The molecule has 0 radical (unpaired) electrons. The summed E-state index contributed by atoms with van der Waals surface area (Å²) in [6.45, 7) is 4.13. The van der Waals surface area contributed by atoms with Crippen molar-refractivity contribution < 1.29 is 4.92 Å². The number of hydrogen-bond donors (Lipinski definition) is 0. The molecule has 96 valence electrons. The Morgan fingerprint density at radius 1 is 1.61 bits per heavy atom. The standard InChI is InChI=1S/C11H13ClN4O2/c1-8(2)15(7-3-6-13)11-9(16(17)18)4-5-10(12)14-11/h4-5,8H,3,7H2,1-2H3. The summed E-state index contributed by atoms with van der Waals surface area (Å²) in [5.74, 6) is 0.206. The minimum Gasteiger partial charge on any atom is -0.347 e. The number of rotatable bonds is 5. The Morgan fingerprint density at radius 3 is 2.78 bits per heavy atom. The molecule has 0 aliphatic rings. The molecule has 0 fully saturated rings. The van der Waals surface area contributed by atoms with Crippen LogP contribution < -0.4 is 4.90 Å². The van der Waals surface area contributed by atoms with Gasteiger partial charge in [-0.2, -0.15) is 5.26 Å². The Kier molecular flexibility index (Phi) is 4.86. The highest BCUT2D eigenvalue weighted by Gasteiger charge is 2.23. The largest absolute Gasteiger partial charge is 0.347 e. The molecular formula is C11H13ClN4O2. The summed E-state index contributed by atoms with van der Waals surface area (Å²) in [6.07, 6.45) is 0.267. The van der Waals surface area contributed by atoms with E-state index < -0.39 is 4.92 Å². The van der Waals surface area contributed by atoms with Gasteiger partial charge >= 0.3 is 5.69 Å². The number of aromatic nitrogens is 1. The Morgan fingerprint density at radius 2 is 2.28 bits per heavy atom. The molecule has 0 saturated carbocycles. The SMILES string of the molecule is CC(C)N(CCC#N)c1nc(Cl)ccc1[N+](=O)[O-]. The summed E-state index contributed by atoms with van der Waals surface area (Å²) in [5.41, 5.74) is -0.106. The van der Waals surface area contributed by atoms with E-state index in [0.29, 0.717) is 6.54 Å². The minimum absolute atomic E-state index is 0.0111. The number of anilines is 1. The highest BCUT2D eigenvalue weighted by molar-refractivity contribution is 6.29. The molecule has 0 aromatic carbocycles. The molecule has 0 aliphatic carbocycles. The average Bonchev–Trinajstić information content (AvgIpc) is 2.28. The van der Waals surface area contributed by atoms with Crippen LogP contribution in [-0.2, 0) is 0 Å². The Bertz CT molecular complexity index is 484. The first-order valence-electron chi connectivity index (χ1n) is 5.42. The third kappa shape index (κ3) is 3.31. The zero-order valence-electron chi connectivity index (χ0n) is 10.1. The fourth-order valence-electron chi connectivity index (χ4n) is 1.55. The predicted molar refractivity (Wildman–Crippen MR) is 68.6 cm³/mol. The smallest absolute Gasteiger partial charge is 0.311 e. The number of pyridine rings is 1. The van der Waals surface area contributed by atoms with Crippen LogP contribution in [0.4, 0.5) is 11.5 Å². The molecular weight excluding hydrogens is 256 g/mol. The second-order valence-corrected chi connectivity index (χ2v) is 4.32. The Labute approximate surface area is 110 Å². The highest BCUT2D eigenvalue weighted by Crippen LogP contribution is 2.29. The molecule has 0 amide bonds. The monoisotopic (exact) mass is 268 g/mol. The Hall–Kier alpha value is -1.87. The predicted octanol–water partition coefficient (Wildman–Crippen LogP) is 2.77. The summed E-state index contributed by atoms with van der Waals surface area (Å²) in [6, 6.07) is 4.71. The number of nitriles is 1. The first kappa shape index (κ1) is 14.2. The van der Waals surface area contributed by atoms with Crippen LogP contribution in [0.1, 0.15) is 20.3 Å². The van der Waals surface area contributed by atoms with Gasteiger partial charge in [0.25, 0.3) is 0 Å². The van der Waals surface area contributed by atoms with Gasteiger partial charge in [-0.3, -0.25) is 10.1 Å². The first-order chi connectivity index (χ1) is 8.47. The molecule has 0 atom stereocenters. The van der Waals surface area contributed by atoms with E-state index in [1.807, 2.05) is 19.9 Å². The van der Waals surface area contributed by atoms with Crippen molar-refractivity contribution in [1.29, 1.82) is 5.26 Å². The van der Waals surface area contributed by atoms with Crippen molar-refractivity contribution in [2.75, 3.05) is 11.4 Å². The second kappa shape index (κ2) is 6.17. The summed E-state index contributed by atoms with van der Waals surface area (Å²) < 4.78 is 0. The van der Waals surface area contributed by atoms with Crippen LogP contribution in [0.25, 0.3) is 0 Å². The van der Waals surface area contributed by atoms with Crippen molar-refractivity contribution in [3.8, 4) is 6.07 Å². The lowest BCUT2D eigenvalue weighted by molar-refractivity contribution is -0.384. The summed E-state index contributed by atoms with van der Waals surface area (Å²) >= 11 is 5.78. The van der Waals surface area contributed by atoms with E-state index in [1.165, 1.54) is 12.1 Å². The molecule has 0 aliphatic heterocycles. The molecule has 6 nitrogen and oxygen atoms in total. The zero-order chi connectivity index (χ0) is 13.7. The lowest BCUT2D eigenvalue weighted by Crippen LogP contribution is -2.33. The van der Waals surface area contributed by atoms with Crippen LogP contribution in [0.5, 0.6) is 0 Å². The molecule has 0 bridgehead atoms. The van der Waals surface area contributed by atoms with Crippen molar-refractivity contribution in [3.05, 3.63) is 27.4 Å². The van der Waals surface area contributed by atoms with Gasteiger partial charge in [0.05, 0.1) is 17.4 Å². The maximum atomic E-state index is 11.0. The topological polar surface area (TPSA) is 83.1 Å². The normalized spacial score (nSPS) is 10.2. The molecule has 0 saturated heterocycles. The zero-order valence-corrected chi connectivity index (χ0v) is 10.9. The molecule has 7 heteroatoms. The van der Waals surface area contributed by atoms with Crippen molar-refractivity contribution in [3.63, 3.8) is 0 Å². The van der Waals surface area contributed by atoms with Gasteiger partial charge in [-0.1, -0.05) is 11.6 Å². The van der Waals surface area contributed by atoms with Crippen LogP contribution in [0, 0.1) is 21.4 Å². The van der Waals surface area contributed by atoms with E-state index in [9.17, 15) is 10.1 Å². The summed E-state index contributed by atoms with van der Waals surface area (Å²) in [5, 5.41) is 19.8. The van der Waals surface area contributed by atoms with Crippen LogP contribution in [0.2, 0.25) is 5.15 Å². The van der Waals surface area contributed by atoms with E-state index in [2.05, 4.69) is 4.98 Å². The van der Waals surface area contributed by atoms with E-state index in [4.69, 9.17) is 16.9 Å². The maximum absolute atomic E-state index is 11.0. The lowest BCUT2D eigenvalue weighted by atomic mass is 10.2. The van der Waals surface area contributed by atoms with E-state index >= 15 is 0 Å². The van der Waals surface area contributed by atoms with Gasteiger partial charge < -0.3 is 4.90 Å². The first-order valence-corrected chi connectivity index (χ1v) is 5.79. The molecule has 0 spiro atoms. The van der Waals surface area contributed by atoms with Gasteiger partial charge in [-0.15, -0.1) is 0 Å². The summed E-state index contributed by atoms with van der Waals surface area (Å²) in [7, 11) is 0. The van der Waals surface area contributed by atoms with Gasteiger partial charge in [-0.25, -0.2) is 4.98 Å². The highest BCUT2D eigenvalue weighted by atomic mass is 35.5. The van der Waals surface area contributed by atoms with Gasteiger partial charge in [-0.05, 0) is 19.9 Å². The van der Waals surface area contributed by atoms with Crippen LogP contribution in [0.15, 0.2) is 12.1 Å². The van der Waals surface area contributed by atoms with Crippen molar-refractivity contribution in [2.45, 2.75) is 26.3 Å². The lowest BCUT2D eigenvalue weighted by Gasteiger charge is -2.26. The molecule has 1 aromatic rings. The summed E-state index contributed by atoms with van der Waals surface area (Å²) in [4.78, 5) is 16.2. The number of nitro groups is 1. The fourth-order valence-corrected chi connectivity index (χ4v) is 1.69. The minimum atomic E-state index is -0.500. The van der Waals surface area contributed by atoms with Gasteiger partial charge in [0, 0.05) is 18.7 Å². The number of hydrogen-bond acceptors (Lipinski definition) is 5. The van der Waals surface area contributed by atoms with Crippen molar-refractivity contribution >= 4 is 23.1 Å². The second-order valence-electron chi connectivity index (χ2n) is 3.93. The van der Waals surface area contributed by atoms with Crippen molar-refractivity contribution in [2.24, 2.45) is 0 Å². The molecule has 1 rings (SSSR count). The molecule has 1 heterocycles. The number of halogens is 1. The molecule has 18 heavy (non-hydrogen) atoms. The molecule has 0 unspecified atom stereocenters. The van der Waals surface area contributed by atoms with Crippen LogP contribution in [-0.4, -0.2) is 22.5 Å². The maximum Gasteiger partial charge on any atom is 0.311 e. The van der Waals surface area contributed by atoms with E-state index in [1.54, 1.807) is 4.90 Å². The fraction of sp³-hybridized carbons (Fsp3) is 0.455. The Balaban J connectivity index is 3.21. The van der Waals surface area contributed by atoms with Gasteiger partial charge in [0.15, 0.2) is 0 Å².